The quantitative estimate of drug-likeness (QED) is 0.716. The Kier molecular flexibility index (Phi) is 2.52. The third-order valence-electron chi connectivity index (χ3n) is 3.44. The van der Waals surface area contributed by atoms with E-state index in [0.29, 0.717) is 22.6 Å². The molecule has 0 fully saturated rings. The highest BCUT2D eigenvalue weighted by Crippen LogP contribution is 2.36. The molecule has 0 bridgehead atoms. The number of rotatable bonds is 1. The Balaban J connectivity index is 2.00. The summed E-state index contributed by atoms with van der Waals surface area (Å²) in [6, 6.07) is 8.77. The number of aliphatic imine (C=N–C) groups is 1. The molecule has 2 N–H and O–H groups in total. The summed E-state index contributed by atoms with van der Waals surface area (Å²) in [5, 5.41) is 9.72. The van der Waals surface area contributed by atoms with Crippen molar-refractivity contribution in [1.82, 2.24) is 10.2 Å². The lowest BCUT2D eigenvalue weighted by Crippen LogP contribution is -2.16. The second-order valence-electron chi connectivity index (χ2n) is 4.78. The van der Waals surface area contributed by atoms with E-state index in [1.54, 1.807) is 12.1 Å². The van der Waals surface area contributed by atoms with Gasteiger partial charge in [-0.3, -0.25) is 5.10 Å². The molecule has 4 nitrogen and oxygen atoms in total. The molecule has 0 saturated heterocycles. The smallest absolute Gasteiger partial charge is 0.144 e. The van der Waals surface area contributed by atoms with Gasteiger partial charge in [0.2, 0.25) is 0 Å². The van der Waals surface area contributed by atoms with Gasteiger partial charge in [0.1, 0.15) is 17.5 Å². The van der Waals surface area contributed by atoms with Gasteiger partial charge >= 0.3 is 0 Å². The van der Waals surface area contributed by atoms with Crippen LogP contribution in [-0.4, -0.2) is 16.0 Å². The summed E-state index contributed by atoms with van der Waals surface area (Å²) in [7, 11) is 0. The summed E-state index contributed by atoms with van der Waals surface area (Å²) in [6.45, 7) is 0. The van der Waals surface area contributed by atoms with Crippen molar-refractivity contribution in [3.8, 4) is 11.3 Å². The fourth-order valence-corrected chi connectivity index (χ4v) is 2.43. The number of hydrogen-bond donors (Lipinski definition) is 2. The van der Waals surface area contributed by atoms with Crippen LogP contribution in [-0.2, 0) is 0 Å². The summed E-state index contributed by atoms with van der Waals surface area (Å²) < 4.78 is 36.0. The van der Waals surface area contributed by atoms with Crippen molar-refractivity contribution in [2.75, 3.05) is 5.32 Å². The van der Waals surface area contributed by atoms with E-state index in [4.69, 9.17) is 1.37 Å². The third-order valence-corrected chi connectivity index (χ3v) is 3.44. The van der Waals surface area contributed by atoms with Crippen molar-refractivity contribution in [2.24, 2.45) is 4.99 Å². The molecular formula is C16H10F2N4. The Morgan fingerprint density at radius 1 is 1.05 bits per heavy atom. The van der Waals surface area contributed by atoms with Crippen molar-refractivity contribution in [3.05, 3.63) is 65.8 Å². The molecule has 0 radical (unpaired) electrons. The zero-order chi connectivity index (χ0) is 16.0. The molecule has 0 unspecified atom stereocenters. The molecule has 0 atom stereocenters. The molecule has 3 aromatic rings. The van der Waals surface area contributed by atoms with Gasteiger partial charge < -0.3 is 5.32 Å². The molecule has 22 heavy (non-hydrogen) atoms. The number of aromatic nitrogens is 2. The van der Waals surface area contributed by atoms with E-state index in [0.717, 1.165) is 0 Å². The molecular weight excluding hydrogens is 286 g/mol. The number of aromatic amines is 1. The molecule has 1 aliphatic rings. The monoisotopic (exact) mass is 297 g/mol. The SMILES string of the molecule is [2H]c1ccc2c(c1)N=C(c1c(F)cccc1F)Nc1cn[nH]c1-2. The van der Waals surface area contributed by atoms with Crippen molar-refractivity contribution in [1.29, 1.82) is 0 Å². The lowest BCUT2D eigenvalue weighted by Gasteiger charge is -2.09. The Labute approximate surface area is 125 Å². The average molecular weight is 297 g/mol. The molecule has 1 aliphatic heterocycles. The van der Waals surface area contributed by atoms with E-state index >= 15 is 0 Å². The summed E-state index contributed by atoms with van der Waals surface area (Å²) in [4.78, 5) is 4.34. The molecule has 108 valence electrons. The Morgan fingerprint density at radius 3 is 2.68 bits per heavy atom. The number of nitrogens with one attached hydrogen (secondary N) is 2. The average Bonchev–Trinajstić information content (AvgIpc) is 2.90. The minimum absolute atomic E-state index is 0.0348. The van der Waals surface area contributed by atoms with Crippen LogP contribution in [0.4, 0.5) is 20.2 Å². The van der Waals surface area contributed by atoms with Crippen LogP contribution in [0.5, 0.6) is 0 Å². The minimum Gasteiger partial charge on any atom is -0.336 e. The van der Waals surface area contributed by atoms with Crippen LogP contribution >= 0.6 is 0 Å². The maximum Gasteiger partial charge on any atom is 0.144 e. The number of halogens is 2. The summed E-state index contributed by atoms with van der Waals surface area (Å²) in [5.74, 6) is -1.40. The molecule has 0 amide bonds. The lowest BCUT2D eigenvalue weighted by atomic mass is 10.1. The van der Waals surface area contributed by atoms with Gasteiger partial charge in [-0.25, -0.2) is 13.8 Å². The van der Waals surface area contributed by atoms with E-state index < -0.39 is 11.6 Å². The van der Waals surface area contributed by atoms with Gasteiger partial charge in [0, 0.05) is 5.56 Å². The molecule has 4 rings (SSSR count). The third kappa shape index (κ3) is 1.88. The highest BCUT2D eigenvalue weighted by atomic mass is 19.1. The fourth-order valence-electron chi connectivity index (χ4n) is 2.43. The normalized spacial score (nSPS) is 13.4. The topological polar surface area (TPSA) is 53.1 Å². The van der Waals surface area contributed by atoms with Crippen LogP contribution in [0.25, 0.3) is 11.3 Å². The Hall–Kier alpha value is -3.02. The number of anilines is 1. The Morgan fingerprint density at radius 2 is 1.86 bits per heavy atom. The van der Waals surface area contributed by atoms with E-state index in [-0.39, 0.29) is 17.4 Å². The van der Waals surface area contributed by atoms with Crippen LogP contribution in [0.1, 0.15) is 6.93 Å². The van der Waals surface area contributed by atoms with Crippen LogP contribution in [0, 0.1) is 11.6 Å². The first kappa shape index (κ1) is 11.6. The minimum atomic E-state index is -0.716. The largest absolute Gasteiger partial charge is 0.336 e. The van der Waals surface area contributed by atoms with E-state index in [1.807, 2.05) is 0 Å². The van der Waals surface area contributed by atoms with Gasteiger partial charge in [-0.15, -0.1) is 0 Å². The predicted octanol–water partition coefficient (Wildman–Crippen LogP) is 3.86. The standard InChI is InChI=1S/C16H10F2N4/c17-10-5-3-6-11(18)14(10)16-20-12-7-2-1-4-9(12)15-13(21-16)8-19-22-15/h1-8H,(H,19,22)(H,20,21)/i2D. The number of hydrogen-bond acceptors (Lipinski definition) is 3. The van der Waals surface area contributed by atoms with Crippen molar-refractivity contribution < 1.29 is 10.2 Å². The zero-order valence-corrected chi connectivity index (χ0v) is 11.2. The maximum absolute atomic E-state index is 14.1. The van der Waals surface area contributed by atoms with Gasteiger partial charge in [0.15, 0.2) is 0 Å². The summed E-state index contributed by atoms with van der Waals surface area (Å²) in [5.41, 5.74) is 2.10. The molecule has 2 aromatic carbocycles. The van der Waals surface area contributed by atoms with Crippen molar-refractivity contribution in [3.63, 3.8) is 0 Å². The number of para-hydroxylation sites is 1. The van der Waals surface area contributed by atoms with Crippen molar-refractivity contribution in [2.45, 2.75) is 0 Å². The van der Waals surface area contributed by atoms with E-state index in [9.17, 15) is 8.78 Å². The summed E-state index contributed by atoms with van der Waals surface area (Å²) >= 11 is 0. The van der Waals surface area contributed by atoms with Gasteiger partial charge in [0.05, 0.1) is 30.2 Å². The number of fused-ring (bicyclic) bond motifs is 3. The second-order valence-corrected chi connectivity index (χ2v) is 4.78. The Bertz CT molecular complexity index is 929. The number of amidine groups is 1. The molecule has 0 aliphatic carbocycles. The van der Waals surface area contributed by atoms with Crippen LogP contribution in [0.15, 0.2) is 53.6 Å². The second kappa shape index (κ2) is 4.77. The number of H-pyrrole nitrogens is 1. The number of nitrogens with zero attached hydrogens (tertiary/aromatic N) is 2. The fraction of sp³-hybridized carbons (Fsp3) is 0. The van der Waals surface area contributed by atoms with Crippen LogP contribution in [0.3, 0.4) is 0 Å². The van der Waals surface area contributed by atoms with Crippen LogP contribution in [0.2, 0.25) is 0 Å². The summed E-state index contributed by atoms with van der Waals surface area (Å²) in [6.07, 6.45) is 1.52. The van der Waals surface area contributed by atoms with E-state index in [2.05, 4.69) is 20.5 Å². The zero-order valence-electron chi connectivity index (χ0n) is 12.2. The molecule has 6 heteroatoms. The molecule has 1 aromatic heterocycles. The van der Waals surface area contributed by atoms with Crippen molar-refractivity contribution >= 4 is 17.2 Å². The van der Waals surface area contributed by atoms with Gasteiger partial charge in [-0.2, -0.15) is 5.10 Å². The first-order chi connectivity index (χ1) is 11.1. The predicted molar refractivity (Wildman–Crippen MR) is 80.2 cm³/mol. The lowest BCUT2D eigenvalue weighted by molar-refractivity contribution is 0.579. The van der Waals surface area contributed by atoms with Gasteiger partial charge in [-0.05, 0) is 18.2 Å². The molecule has 0 spiro atoms. The highest BCUT2D eigenvalue weighted by molar-refractivity contribution is 6.13. The molecule has 0 saturated carbocycles. The number of benzene rings is 2. The maximum atomic E-state index is 14.1. The van der Waals surface area contributed by atoms with Gasteiger partial charge in [-0.1, -0.05) is 24.2 Å². The van der Waals surface area contributed by atoms with E-state index in [1.165, 1.54) is 30.5 Å². The first-order valence-electron chi connectivity index (χ1n) is 7.08. The highest BCUT2D eigenvalue weighted by Gasteiger charge is 2.22. The first-order valence-corrected chi connectivity index (χ1v) is 6.58. The van der Waals surface area contributed by atoms with Gasteiger partial charge in [0.25, 0.3) is 0 Å². The van der Waals surface area contributed by atoms with Crippen LogP contribution < -0.4 is 5.32 Å². The molecule has 2 heterocycles.